The molecule has 3 atom stereocenters. The van der Waals surface area contributed by atoms with Crippen molar-refractivity contribution in [2.45, 2.75) is 29.8 Å². The summed E-state index contributed by atoms with van der Waals surface area (Å²) in [4.78, 5) is 29.7. The van der Waals surface area contributed by atoms with Crippen LogP contribution < -0.4 is 10.0 Å². The quantitative estimate of drug-likeness (QED) is 0.132. The number of pyridine rings is 2. The van der Waals surface area contributed by atoms with E-state index < -0.39 is 63.2 Å². The van der Waals surface area contributed by atoms with Crippen LogP contribution in [-0.2, 0) is 21.2 Å². The zero-order chi connectivity index (χ0) is 35.0. The number of hydrogen-bond acceptors (Lipinski definition) is 9. The maximum absolute atomic E-state index is 15.3. The van der Waals surface area contributed by atoms with Crippen molar-refractivity contribution in [3.63, 3.8) is 0 Å². The first-order valence-corrected chi connectivity index (χ1v) is 16.6. The minimum Gasteiger partial charge on any atom is -0.366 e. The Morgan fingerprint density at radius 2 is 1.54 bits per heavy atom. The molecule has 11 nitrogen and oxygen atoms in total. The number of epoxide rings is 1. The lowest BCUT2D eigenvalue weighted by Crippen LogP contribution is -2.42. The molecule has 1 aliphatic heterocycles. The lowest BCUT2D eigenvalue weighted by molar-refractivity contribution is 0.0920. The molecule has 2 unspecified atom stereocenters. The van der Waals surface area contributed by atoms with Crippen molar-refractivity contribution < 1.29 is 36.2 Å². The number of benzene rings is 3. The minimum absolute atomic E-state index is 0.0988. The standard InChI is InChI=1S/C35H25F3N6O5S/c36-26-17-22(44-50(47,48)23-7-4-19(5-8-23)20-10-14-39-29(38)16-20)18-27(37)30(26)34(45)43-28(32-35(46)49-32)15-21-6-9-25(33-41-12-2-13-42-33)31-24(21)3-1-11-40-31/h1-14,16-18,28,32,35,44,46H,15H2,(H,43,45)/t28-,32?,35?/m0/s1. The van der Waals surface area contributed by atoms with E-state index in [1.54, 1.807) is 48.9 Å². The van der Waals surface area contributed by atoms with Gasteiger partial charge in [-0.25, -0.2) is 32.2 Å². The molecule has 0 saturated carbocycles. The summed E-state index contributed by atoms with van der Waals surface area (Å²) in [5, 5.41) is 13.3. The Morgan fingerprint density at radius 1 is 0.840 bits per heavy atom. The molecule has 252 valence electrons. The smallest absolute Gasteiger partial charge is 0.261 e. The third kappa shape index (κ3) is 6.74. The Labute approximate surface area is 282 Å². The van der Waals surface area contributed by atoms with Gasteiger partial charge in [0, 0.05) is 41.8 Å². The molecule has 0 spiro atoms. The molecule has 3 aromatic heterocycles. The summed E-state index contributed by atoms with van der Waals surface area (Å²) in [7, 11) is -4.32. The Hall–Kier alpha value is -5.77. The van der Waals surface area contributed by atoms with Gasteiger partial charge in [0.05, 0.1) is 22.1 Å². The number of ether oxygens (including phenoxy) is 1. The maximum atomic E-state index is 15.3. The second kappa shape index (κ2) is 13.3. The number of rotatable bonds is 10. The van der Waals surface area contributed by atoms with Crippen molar-refractivity contribution >= 4 is 32.5 Å². The monoisotopic (exact) mass is 698 g/mol. The summed E-state index contributed by atoms with van der Waals surface area (Å²) in [6, 6.07) is 17.4. The molecule has 3 N–H and O–H groups in total. The summed E-state index contributed by atoms with van der Waals surface area (Å²) in [5.41, 5.74) is 1.54. The van der Waals surface area contributed by atoms with E-state index >= 15 is 8.78 Å². The van der Waals surface area contributed by atoms with Crippen molar-refractivity contribution in [3.05, 3.63) is 132 Å². The lowest BCUT2D eigenvalue weighted by atomic mass is 9.96. The molecule has 1 fully saturated rings. The highest BCUT2D eigenvalue weighted by Gasteiger charge is 2.45. The Kier molecular flexibility index (Phi) is 8.69. The summed E-state index contributed by atoms with van der Waals surface area (Å²) in [6.07, 6.45) is 4.14. The van der Waals surface area contributed by atoms with Crippen molar-refractivity contribution in [3.8, 4) is 22.5 Å². The molecule has 1 aliphatic rings. The van der Waals surface area contributed by atoms with Crippen LogP contribution in [0.15, 0.2) is 109 Å². The average molecular weight is 699 g/mol. The summed E-state index contributed by atoms with van der Waals surface area (Å²) in [5.74, 6) is -4.03. The summed E-state index contributed by atoms with van der Waals surface area (Å²) < 4.78 is 77.5. The van der Waals surface area contributed by atoms with Gasteiger partial charge in [0.1, 0.15) is 23.3 Å². The average Bonchev–Trinajstić information content (AvgIpc) is 3.84. The molecule has 3 aromatic carbocycles. The number of nitrogens with zero attached hydrogens (tertiary/aromatic N) is 4. The van der Waals surface area contributed by atoms with E-state index in [2.05, 4.69) is 30.0 Å². The van der Waals surface area contributed by atoms with Gasteiger partial charge < -0.3 is 15.2 Å². The van der Waals surface area contributed by atoms with Crippen molar-refractivity contribution in [2.24, 2.45) is 0 Å². The first-order valence-electron chi connectivity index (χ1n) is 15.1. The van der Waals surface area contributed by atoms with Crippen molar-refractivity contribution in [2.75, 3.05) is 4.72 Å². The minimum atomic E-state index is -4.32. The SMILES string of the molecule is O=C(N[C@@H](Cc1ccc(-c2ncccn2)c2ncccc12)C1OC1O)c1c(F)cc(NS(=O)(=O)c2ccc(-c3ccnc(F)c3)cc2)cc1F. The molecule has 4 heterocycles. The number of amides is 1. The van der Waals surface area contributed by atoms with Crippen LogP contribution >= 0.6 is 0 Å². The largest absolute Gasteiger partial charge is 0.366 e. The molecule has 0 radical (unpaired) electrons. The highest BCUT2D eigenvalue weighted by Crippen LogP contribution is 2.32. The molecular weight excluding hydrogens is 673 g/mol. The molecule has 7 rings (SSSR count). The zero-order valence-corrected chi connectivity index (χ0v) is 26.5. The van der Waals surface area contributed by atoms with E-state index in [1.807, 2.05) is 6.07 Å². The van der Waals surface area contributed by atoms with Gasteiger partial charge in [0.2, 0.25) is 5.95 Å². The Balaban J connectivity index is 1.10. The molecule has 1 saturated heterocycles. The topological polar surface area (TPSA) is 160 Å². The molecule has 15 heteroatoms. The highest BCUT2D eigenvalue weighted by atomic mass is 32.2. The molecule has 6 aromatic rings. The first kappa shape index (κ1) is 32.8. The number of halogens is 3. The summed E-state index contributed by atoms with van der Waals surface area (Å²) in [6.45, 7) is 0. The van der Waals surface area contributed by atoms with Crippen molar-refractivity contribution in [1.29, 1.82) is 0 Å². The normalized spacial score (nSPS) is 16.2. The van der Waals surface area contributed by atoms with Crippen LogP contribution in [0.1, 0.15) is 15.9 Å². The van der Waals surface area contributed by atoms with E-state index in [9.17, 15) is 22.7 Å². The van der Waals surface area contributed by atoms with E-state index in [4.69, 9.17) is 4.74 Å². The first-order chi connectivity index (χ1) is 24.1. The number of sulfonamides is 1. The number of fused-ring (bicyclic) bond motifs is 1. The Morgan fingerprint density at radius 3 is 2.22 bits per heavy atom. The van der Waals surface area contributed by atoms with Crippen LogP contribution in [0.5, 0.6) is 0 Å². The van der Waals surface area contributed by atoms with Gasteiger partial charge in [-0.05, 0) is 71.6 Å². The summed E-state index contributed by atoms with van der Waals surface area (Å²) >= 11 is 0. The second-order valence-corrected chi connectivity index (χ2v) is 13.0. The maximum Gasteiger partial charge on any atom is 0.261 e. The van der Waals surface area contributed by atoms with E-state index in [0.29, 0.717) is 51.1 Å². The predicted octanol–water partition coefficient (Wildman–Crippen LogP) is 5.03. The van der Waals surface area contributed by atoms with E-state index in [-0.39, 0.29) is 11.3 Å². The number of anilines is 1. The molecule has 1 amide bonds. The van der Waals surface area contributed by atoms with Crippen LogP contribution in [0.2, 0.25) is 0 Å². The third-order valence-corrected chi connectivity index (χ3v) is 9.46. The Bertz CT molecular complexity index is 2330. The number of aliphatic hydroxyl groups excluding tert-OH is 1. The number of carbonyl (C=O) groups excluding carboxylic acids is 1. The van der Waals surface area contributed by atoms with Gasteiger partial charge in [-0.15, -0.1) is 0 Å². The molecule has 0 aliphatic carbocycles. The number of aromatic nitrogens is 4. The van der Waals surface area contributed by atoms with Crippen LogP contribution in [0.25, 0.3) is 33.4 Å². The van der Waals surface area contributed by atoms with Crippen molar-refractivity contribution in [1.82, 2.24) is 25.3 Å². The van der Waals surface area contributed by atoms with Crippen LogP contribution in [0.3, 0.4) is 0 Å². The van der Waals surface area contributed by atoms with Gasteiger partial charge in [-0.2, -0.15) is 4.39 Å². The molecule has 0 bridgehead atoms. The fraction of sp³-hybridized carbons (Fsp3) is 0.114. The fourth-order valence-electron chi connectivity index (χ4n) is 5.64. The van der Waals surface area contributed by atoms with Crippen LogP contribution in [0, 0.1) is 17.6 Å². The van der Waals surface area contributed by atoms with Gasteiger partial charge in [-0.3, -0.25) is 14.5 Å². The van der Waals surface area contributed by atoms with Crippen LogP contribution in [-0.4, -0.2) is 57.8 Å². The second-order valence-electron chi connectivity index (χ2n) is 11.3. The highest BCUT2D eigenvalue weighted by molar-refractivity contribution is 7.92. The van der Waals surface area contributed by atoms with Gasteiger partial charge in [0.15, 0.2) is 12.1 Å². The third-order valence-electron chi connectivity index (χ3n) is 8.07. The molecule has 50 heavy (non-hydrogen) atoms. The van der Waals surface area contributed by atoms with Crippen LogP contribution in [0.4, 0.5) is 18.9 Å². The zero-order valence-electron chi connectivity index (χ0n) is 25.7. The predicted molar refractivity (Wildman–Crippen MR) is 175 cm³/mol. The van der Waals surface area contributed by atoms with E-state index in [0.717, 1.165) is 0 Å². The number of nitrogens with one attached hydrogen (secondary N) is 2. The van der Waals surface area contributed by atoms with E-state index in [1.165, 1.54) is 36.5 Å². The number of hydrogen-bond donors (Lipinski definition) is 3. The number of aliphatic hydroxyl groups is 1. The van der Waals surface area contributed by atoms with Gasteiger partial charge in [-0.1, -0.05) is 24.3 Å². The number of carbonyl (C=O) groups is 1. The molecular formula is C35H25F3N6O5S. The van der Waals surface area contributed by atoms with Gasteiger partial charge >= 0.3 is 0 Å². The fourth-order valence-corrected chi connectivity index (χ4v) is 6.68. The van der Waals surface area contributed by atoms with Gasteiger partial charge in [0.25, 0.3) is 15.9 Å². The lowest BCUT2D eigenvalue weighted by Gasteiger charge is -2.19.